The zero-order chi connectivity index (χ0) is 20.3. The molecule has 2 aromatic heterocycles. The standard InChI is InChI=1S/C19H22N4O4S/c1-11-8-13-16(21-11)18(25)23(2)19(22-13)28-10-15(24)20-9-12-6-5-7-14(26-3)17(12)27-4/h5-8,21H,9-10H2,1-4H3,(H,20,24). The van der Waals surface area contributed by atoms with Crippen molar-refractivity contribution in [1.82, 2.24) is 19.9 Å². The van der Waals surface area contributed by atoms with E-state index in [0.717, 1.165) is 11.3 Å². The van der Waals surface area contributed by atoms with Crippen LogP contribution in [0.3, 0.4) is 0 Å². The van der Waals surface area contributed by atoms with Crippen molar-refractivity contribution in [3.05, 3.63) is 45.9 Å². The molecule has 0 saturated heterocycles. The molecule has 0 atom stereocenters. The first-order valence-electron chi connectivity index (χ1n) is 8.60. The lowest BCUT2D eigenvalue weighted by molar-refractivity contribution is -0.118. The molecular weight excluding hydrogens is 380 g/mol. The van der Waals surface area contributed by atoms with Gasteiger partial charge < -0.3 is 19.8 Å². The van der Waals surface area contributed by atoms with Gasteiger partial charge in [0.25, 0.3) is 5.56 Å². The molecule has 0 spiro atoms. The normalized spacial score (nSPS) is 10.9. The number of para-hydroxylation sites is 1. The topological polar surface area (TPSA) is 98.2 Å². The summed E-state index contributed by atoms with van der Waals surface area (Å²) in [5.74, 6) is 1.17. The smallest absolute Gasteiger partial charge is 0.278 e. The number of rotatable bonds is 7. The molecule has 0 unspecified atom stereocenters. The van der Waals surface area contributed by atoms with Crippen LogP contribution in [0.25, 0.3) is 11.0 Å². The Morgan fingerprint density at radius 3 is 2.82 bits per heavy atom. The van der Waals surface area contributed by atoms with E-state index in [2.05, 4.69) is 15.3 Å². The zero-order valence-corrected chi connectivity index (χ0v) is 17.0. The summed E-state index contributed by atoms with van der Waals surface area (Å²) in [4.78, 5) is 32.2. The number of hydrogen-bond donors (Lipinski definition) is 2. The van der Waals surface area contributed by atoms with E-state index in [1.54, 1.807) is 27.3 Å². The number of aryl methyl sites for hydroxylation is 1. The molecule has 2 heterocycles. The highest BCUT2D eigenvalue weighted by Crippen LogP contribution is 2.30. The van der Waals surface area contributed by atoms with Crippen molar-refractivity contribution in [3.8, 4) is 11.5 Å². The summed E-state index contributed by atoms with van der Waals surface area (Å²) in [6.07, 6.45) is 0. The molecule has 1 aromatic carbocycles. The van der Waals surface area contributed by atoms with Gasteiger partial charge in [0.2, 0.25) is 5.91 Å². The van der Waals surface area contributed by atoms with E-state index in [0.29, 0.717) is 34.2 Å². The quantitative estimate of drug-likeness (QED) is 0.463. The predicted molar refractivity (Wildman–Crippen MR) is 108 cm³/mol. The largest absolute Gasteiger partial charge is 0.493 e. The SMILES string of the molecule is COc1cccc(CNC(=O)CSc2nc3cc(C)[nH]c3c(=O)n2C)c1OC. The summed E-state index contributed by atoms with van der Waals surface area (Å²) in [7, 11) is 4.77. The van der Waals surface area contributed by atoms with Crippen molar-refractivity contribution in [1.29, 1.82) is 0 Å². The Hall–Kier alpha value is -2.94. The first kappa shape index (κ1) is 19.8. The summed E-state index contributed by atoms with van der Waals surface area (Å²) in [6, 6.07) is 7.31. The number of amides is 1. The molecule has 0 fully saturated rings. The zero-order valence-electron chi connectivity index (χ0n) is 16.2. The maximum absolute atomic E-state index is 12.4. The minimum absolute atomic E-state index is 0.140. The molecule has 0 radical (unpaired) electrons. The number of carbonyl (C=O) groups excluding carboxylic acids is 1. The number of benzene rings is 1. The van der Waals surface area contributed by atoms with Crippen LogP contribution in [0.15, 0.2) is 34.2 Å². The molecule has 3 rings (SSSR count). The van der Waals surface area contributed by atoms with Crippen LogP contribution in [0.5, 0.6) is 11.5 Å². The molecule has 0 aliphatic heterocycles. The Kier molecular flexibility index (Phi) is 5.93. The Labute approximate surface area is 166 Å². The number of carbonyl (C=O) groups is 1. The van der Waals surface area contributed by atoms with Gasteiger partial charge in [-0.25, -0.2) is 4.98 Å². The molecule has 0 bridgehead atoms. The molecule has 3 aromatic rings. The fraction of sp³-hybridized carbons (Fsp3) is 0.316. The number of H-pyrrole nitrogens is 1. The third-order valence-electron chi connectivity index (χ3n) is 4.25. The van der Waals surface area contributed by atoms with Gasteiger partial charge in [-0.1, -0.05) is 23.9 Å². The second kappa shape index (κ2) is 8.39. The molecule has 9 heteroatoms. The number of nitrogens with zero attached hydrogens (tertiary/aromatic N) is 2. The second-order valence-electron chi connectivity index (χ2n) is 6.19. The van der Waals surface area contributed by atoms with E-state index in [1.807, 2.05) is 25.1 Å². The molecule has 28 heavy (non-hydrogen) atoms. The van der Waals surface area contributed by atoms with Gasteiger partial charge in [0.15, 0.2) is 16.7 Å². The van der Waals surface area contributed by atoms with E-state index in [1.165, 1.54) is 16.3 Å². The van der Waals surface area contributed by atoms with Crippen molar-refractivity contribution >= 4 is 28.7 Å². The summed E-state index contributed by atoms with van der Waals surface area (Å²) in [5.41, 5.74) is 2.59. The van der Waals surface area contributed by atoms with Crippen LogP contribution >= 0.6 is 11.8 Å². The minimum Gasteiger partial charge on any atom is -0.493 e. The van der Waals surface area contributed by atoms with Crippen molar-refractivity contribution in [2.45, 2.75) is 18.6 Å². The highest BCUT2D eigenvalue weighted by atomic mass is 32.2. The van der Waals surface area contributed by atoms with E-state index >= 15 is 0 Å². The molecule has 1 amide bonds. The lowest BCUT2D eigenvalue weighted by Crippen LogP contribution is -2.26. The molecule has 0 saturated carbocycles. The molecule has 148 valence electrons. The van der Waals surface area contributed by atoms with E-state index in [-0.39, 0.29) is 17.2 Å². The minimum atomic E-state index is -0.172. The van der Waals surface area contributed by atoms with Crippen LogP contribution in [0.1, 0.15) is 11.3 Å². The summed E-state index contributed by atoms with van der Waals surface area (Å²) >= 11 is 1.22. The van der Waals surface area contributed by atoms with Crippen molar-refractivity contribution < 1.29 is 14.3 Å². The molecule has 0 aliphatic rings. The van der Waals surface area contributed by atoms with E-state index in [4.69, 9.17) is 9.47 Å². The summed E-state index contributed by atoms with van der Waals surface area (Å²) in [6.45, 7) is 2.18. The van der Waals surface area contributed by atoms with Gasteiger partial charge in [-0.2, -0.15) is 0 Å². The fourth-order valence-corrected chi connectivity index (χ4v) is 3.66. The number of aromatic amines is 1. The van der Waals surface area contributed by atoms with Gasteiger partial charge in [0.1, 0.15) is 5.52 Å². The average molecular weight is 402 g/mol. The van der Waals surface area contributed by atoms with E-state index < -0.39 is 0 Å². The van der Waals surface area contributed by atoms with Crippen molar-refractivity contribution in [2.24, 2.45) is 7.05 Å². The molecule has 8 nitrogen and oxygen atoms in total. The van der Waals surface area contributed by atoms with Gasteiger partial charge in [-0.15, -0.1) is 0 Å². The maximum atomic E-state index is 12.4. The van der Waals surface area contributed by atoms with E-state index in [9.17, 15) is 9.59 Å². The number of methoxy groups -OCH3 is 2. The average Bonchev–Trinajstić information content (AvgIpc) is 3.07. The van der Waals surface area contributed by atoms with Crippen molar-refractivity contribution in [3.63, 3.8) is 0 Å². The number of ether oxygens (including phenoxy) is 2. The van der Waals surface area contributed by atoms with Crippen LogP contribution in [0.2, 0.25) is 0 Å². The Morgan fingerprint density at radius 1 is 1.32 bits per heavy atom. The predicted octanol–water partition coefficient (Wildman–Crippen LogP) is 2.00. The van der Waals surface area contributed by atoms with Crippen LogP contribution in [-0.4, -0.2) is 40.4 Å². The second-order valence-corrected chi connectivity index (χ2v) is 7.13. The van der Waals surface area contributed by atoms with Gasteiger partial charge in [0.05, 0.1) is 25.5 Å². The first-order chi connectivity index (χ1) is 13.4. The number of thioether (sulfide) groups is 1. The first-order valence-corrected chi connectivity index (χ1v) is 9.59. The fourth-order valence-electron chi connectivity index (χ4n) is 2.86. The monoisotopic (exact) mass is 402 g/mol. The molecule has 2 N–H and O–H groups in total. The summed E-state index contributed by atoms with van der Waals surface area (Å²) < 4.78 is 12.1. The number of nitrogens with one attached hydrogen (secondary N) is 2. The maximum Gasteiger partial charge on any atom is 0.278 e. The summed E-state index contributed by atoms with van der Waals surface area (Å²) in [5, 5.41) is 3.35. The lowest BCUT2D eigenvalue weighted by atomic mass is 10.2. The Balaban J connectivity index is 1.66. The van der Waals surface area contributed by atoms with Gasteiger partial charge in [-0.3, -0.25) is 14.2 Å². The van der Waals surface area contributed by atoms with Crippen LogP contribution < -0.4 is 20.3 Å². The number of fused-ring (bicyclic) bond motifs is 1. The highest BCUT2D eigenvalue weighted by molar-refractivity contribution is 7.99. The number of aromatic nitrogens is 3. The molecular formula is C19H22N4O4S. The van der Waals surface area contributed by atoms with Crippen LogP contribution in [0.4, 0.5) is 0 Å². The Morgan fingerprint density at radius 2 is 2.11 bits per heavy atom. The highest BCUT2D eigenvalue weighted by Gasteiger charge is 2.14. The van der Waals surface area contributed by atoms with Gasteiger partial charge in [-0.05, 0) is 19.1 Å². The number of hydrogen-bond acceptors (Lipinski definition) is 6. The van der Waals surface area contributed by atoms with Crippen molar-refractivity contribution in [2.75, 3.05) is 20.0 Å². The third-order valence-corrected chi connectivity index (χ3v) is 5.28. The van der Waals surface area contributed by atoms with Gasteiger partial charge >= 0.3 is 0 Å². The van der Waals surface area contributed by atoms with Crippen LogP contribution in [-0.2, 0) is 18.4 Å². The lowest BCUT2D eigenvalue weighted by Gasteiger charge is -2.13. The third kappa shape index (κ3) is 3.99. The van der Waals surface area contributed by atoms with Crippen LogP contribution in [0, 0.1) is 6.92 Å². The van der Waals surface area contributed by atoms with Gasteiger partial charge in [0, 0.05) is 24.8 Å². The molecule has 0 aliphatic carbocycles. The Bertz CT molecular complexity index is 1070.